The molecule has 2 rings (SSSR count). The van der Waals surface area contributed by atoms with Gasteiger partial charge in [-0.3, -0.25) is 0 Å². The summed E-state index contributed by atoms with van der Waals surface area (Å²) >= 11 is 0. The zero-order valence-electron chi connectivity index (χ0n) is 9.57. The smallest absolute Gasteiger partial charge is 0.338 e. The first kappa shape index (κ1) is 10.8. The largest absolute Gasteiger partial charge is 0.497 e. The fourth-order valence-electron chi connectivity index (χ4n) is 1.61. The van der Waals surface area contributed by atoms with Gasteiger partial charge in [0.1, 0.15) is 11.4 Å². The third kappa shape index (κ3) is 1.94. The normalized spacial score (nSPS) is 18.4. The van der Waals surface area contributed by atoms with E-state index in [0.29, 0.717) is 0 Å². The van der Waals surface area contributed by atoms with Crippen molar-refractivity contribution < 1.29 is 9.53 Å². The molecule has 0 bridgehead atoms. The van der Waals surface area contributed by atoms with Crippen LogP contribution in [-0.4, -0.2) is 18.8 Å². The molecule has 5 nitrogen and oxygen atoms in total. The van der Waals surface area contributed by atoms with Crippen LogP contribution in [0.4, 0.5) is 10.5 Å². The van der Waals surface area contributed by atoms with Crippen molar-refractivity contribution in [2.45, 2.75) is 19.5 Å². The average Bonchev–Trinajstić information content (AvgIpc) is 2.52. The number of anilines is 1. The van der Waals surface area contributed by atoms with Gasteiger partial charge in [-0.15, -0.1) is 0 Å². The van der Waals surface area contributed by atoms with Gasteiger partial charge in [0.15, 0.2) is 0 Å². The minimum absolute atomic E-state index is 0.168. The van der Waals surface area contributed by atoms with Crippen LogP contribution < -0.4 is 20.5 Å². The van der Waals surface area contributed by atoms with Crippen LogP contribution in [0.1, 0.15) is 13.8 Å². The van der Waals surface area contributed by atoms with Crippen molar-refractivity contribution in [3.8, 4) is 5.75 Å². The molecule has 1 aliphatic rings. The van der Waals surface area contributed by atoms with Gasteiger partial charge in [0.05, 0.1) is 12.8 Å². The van der Waals surface area contributed by atoms with Crippen LogP contribution in [0.3, 0.4) is 0 Å². The number of urea groups is 1. The van der Waals surface area contributed by atoms with Crippen LogP contribution in [-0.2, 0) is 0 Å². The molecule has 0 aliphatic carbocycles. The molecule has 1 aromatic carbocycles. The molecule has 1 heterocycles. The Bertz CT molecular complexity index is 417. The van der Waals surface area contributed by atoms with E-state index in [4.69, 9.17) is 4.74 Å². The number of nitrogens with one attached hydrogen (secondary N) is 2. The summed E-state index contributed by atoms with van der Waals surface area (Å²) in [4.78, 5) is 11.7. The number of nitrogens with zero attached hydrogens (tertiary/aromatic N) is 1. The summed E-state index contributed by atoms with van der Waals surface area (Å²) in [6.45, 7) is 3.79. The van der Waals surface area contributed by atoms with Crippen molar-refractivity contribution in [3.63, 3.8) is 0 Å². The van der Waals surface area contributed by atoms with Gasteiger partial charge in [-0.05, 0) is 26.0 Å². The van der Waals surface area contributed by atoms with Crippen LogP contribution in [0.15, 0.2) is 24.3 Å². The van der Waals surface area contributed by atoms with Gasteiger partial charge in [0, 0.05) is 6.07 Å². The highest BCUT2D eigenvalue weighted by Crippen LogP contribution is 2.23. The second-order valence-corrected chi connectivity index (χ2v) is 4.20. The molecule has 16 heavy (non-hydrogen) atoms. The number of carbonyl (C=O) groups is 1. The van der Waals surface area contributed by atoms with E-state index in [-0.39, 0.29) is 6.03 Å². The summed E-state index contributed by atoms with van der Waals surface area (Å²) in [5, 5.41) is 4.29. The molecule has 1 aliphatic heterocycles. The van der Waals surface area contributed by atoms with E-state index in [2.05, 4.69) is 10.7 Å². The predicted molar refractivity (Wildman–Crippen MR) is 61.2 cm³/mol. The van der Waals surface area contributed by atoms with Gasteiger partial charge in [0.2, 0.25) is 0 Å². The summed E-state index contributed by atoms with van der Waals surface area (Å²) in [5.41, 5.74) is 3.39. The zero-order chi connectivity index (χ0) is 11.8. The Balaban J connectivity index is 2.27. The highest BCUT2D eigenvalue weighted by molar-refractivity contribution is 5.93. The summed E-state index contributed by atoms with van der Waals surface area (Å²) in [6.07, 6.45) is 0. The van der Waals surface area contributed by atoms with E-state index in [0.717, 1.165) is 11.4 Å². The summed E-state index contributed by atoms with van der Waals surface area (Å²) in [7, 11) is 1.60. The van der Waals surface area contributed by atoms with Crippen molar-refractivity contribution in [2.24, 2.45) is 0 Å². The van der Waals surface area contributed by atoms with Crippen molar-refractivity contribution >= 4 is 11.7 Å². The fraction of sp³-hybridized carbons (Fsp3) is 0.364. The topological polar surface area (TPSA) is 53.6 Å². The van der Waals surface area contributed by atoms with E-state index >= 15 is 0 Å². The van der Waals surface area contributed by atoms with Gasteiger partial charge in [0.25, 0.3) is 0 Å². The lowest BCUT2D eigenvalue weighted by Crippen LogP contribution is -2.45. The SMILES string of the molecule is COc1cccc(N2NC(C)(C)NC2=O)c1. The molecule has 2 N–H and O–H groups in total. The van der Waals surface area contributed by atoms with Gasteiger partial charge in [-0.25, -0.2) is 15.2 Å². The van der Waals surface area contributed by atoms with Crippen LogP contribution >= 0.6 is 0 Å². The first-order chi connectivity index (χ1) is 7.52. The standard InChI is InChI=1S/C11H15N3O2/c1-11(2)12-10(15)14(13-11)8-5-4-6-9(7-8)16-3/h4-7,13H,1-3H3,(H,12,15). The lowest BCUT2D eigenvalue weighted by Gasteiger charge is -2.20. The Kier molecular flexibility index (Phi) is 2.47. The van der Waals surface area contributed by atoms with E-state index in [1.165, 1.54) is 5.01 Å². The molecule has 0 atom stereocenters. The quantitative estimate of drug-likeness (QED) is 0.795. The Hall–Kier alpha value is -1.75. The van der Waals surface area contributed by atoms with Crippen molar-refractivity contribution in [3.05, 3.63) is 24.3 Å². The van der Waals surface area contributed by atoms with E-state index in [1.54, 1.807) is 13.2 Å². The lowest BCUT2D eigenvalue weighted by atomic mass is 10.3. The number of hydrazine groups is 1. The fourth-order valence-corrected chi connectivity index (χ4v) is 1.61. The number of carbonyl (C=O) groups excluding carboxylic acids is 1. The van der Waals surface area contributed by atoms with Crippen LogP contribution in [0.5, 0.6) is 5.75 Å². The second-order valence-electron chi connectivity index (χ2n) is 4.20. The molecular formula is C11H15N3O2. The Labute approximate surface area is 94.4 Å². The minimum Gasteiger partial charge on any atom is -0.497 e. The predicted octanol–water partition coefficient (Wildman–Crippen LogP) is 1.47. The highest BCUT2D eigenvalue weighted by Gasteiger charge is 2.34. The van der Waals surface area contributed by atoms with Crippen molar-refractivity contribution in [2.75, 3.05) is 12.1 Å². The number of rotatable bonds is 2. The van der Waals surface area contributed by atoms with Crippen LogP contribution in [0, 0.1) is 0 Å². The number of hydrogen-bond acceptors (Lipinski definition) is 3. The molecule has 1 fully saturated rings. The average molecular weight is 221 g/mol. The second kappa shape index (κ2) is 3.68. The first-order valence-electron chi connectivity index (χ1n) is 5.06. The van der Waals surface area contributed by atoms with Crippen LogP contribution in [0.25, 0.3) is 0 Å². The molecule has 0 radical (unpaired) electrons. The van der Waals surface area contributed by atoms with Gasteiger partial charge < -0.3 is 10.1 Å². The van der Waals surface area contributed by atoms with E-state index in [1.807, 2.05) is 32.0 Å². The van der Waals surface area contributed by atoms with Crippen molar-refractivity contribution in [1.82, 2.24) is 10.7 Å². The highest BCUT2D eigenvalue weighted by atomic mass is 16.5. The molecule has 86 valence electrons. The maximum absolute atomic E-state index is 11.7. The molecule has 1 saturated heterocycles. The Morgan fingerprint density at radius 3 is 2.69 bits per heavy atom. The molecule has 0 saturated carbocycles. The molecule has 0 unspecified atom stereocenters. The molecule has 1 aromatic rings. The molecular weight excluding hydrogens is 206 g/mol. The molecule has 0 spiro atoms. The first-order valence-corrected chi connectivity index (χ1v) is 5.06. The number of hydrogen-bond donors (Lipinski definition) is 2. The van der Waals surface area contributed by atoms with Crippen LogP contribution in [0.2, 0.25) is 0 Å². The molecule has 2 amide bonds. The Morgan fingerprint density at radius 1 is 1.38 bits per heavy atom. The number of ether oxygens (including phenoxy) is 1. The van der Waals surface area contributed by atoms with Gasteiger partial charge >= 0.3 is 6.03 Å². The third-order valence-electron chi connectivity index (χ3n) is 2.33. The number of benzene rings is 1. The minimum atomic E-state index is -0.430. The van der Waals surface area contributed by atoms with Gasteiger partial charge in [-0.1, -0.05) is 6.07 Å². The zero-order valence-corrected chi connectivity index (χ0v) is 9.57. The monoisotopic (exact) mass is 221 g/mol. The summed E-state index contributed by atoms with van der Waals surface area (Å²) in [5.74, 6) is 0.719. The molecule has 0 aromatic heterocycles. The number of methoxy groups -OCH3 is 1. The maximum atomic E-state index is 11.7. The maximum Gasteiger partial charge on any atom is 0.338 e. The number of amides is 2. The Morgan fingerprint density at radius 2 is 2.12 bits per heavy atom. The van der Waals surface area contributed by atoms with E-state index < -0.39 is 5.66 Å². The van der Waals surface area contributed by atoms with Gasteiger partial charge in [-0.2, -0.15) is 0 Å². The lowest BCUT2D eigenvalue weighted by molar-refractivity contribution is 0.248. The summed E-state index contributed by atoms with van der Waals surface area (Å²) < 4.78 is 5.12. The molecule has 5 heteroatoms. The third-order valence-corrected chi connectivity index (χ3v) is 2.33. The summed E-state index contributed by atoms with van der Waals surface area (Å²) in [6, 6.07) is 7.15. The van der Waals surface area contributed by atoms with E-state index in [9.17, 15) is 4.79 Å². The van der Waals surface area contributed by atoms with Crippen molar-refractivity contribution in [1.29, 1.82) is 0 Å².